The van der Waals surface area contributed by atoms with Gasteiger partial charge < -0.3 is 19.9 Å². The van der Waals surface area contributed by atoms with Gasteiger partial charge >= 0.3 is 6.09 Å². The van der Waals surface area contributed by atoms with Gasteiger partial charge in [0.25, 0.3) is 0 Å². The van der Waals surface area contributed by atoms with Gasteiger partial charge in [0.05, 0.1) is 13.7 Å². The number of benzene rings is 1. The van der Waals surface area contributed by atoms with Gasteiger partial charge in [0, 0.05) is 6.04 Å². The molecule has 0 aromatic heterocycles. The SMILES string of the molecule is COc1cccc(CC(CCC=CCO)NC(=O)OC(C)(C)C)c1. The summed E-state index contributed by atoms with van der Waals surface area (Å²) < 4.78 is 10.6. The maximum Gasteiger partial charge on any atom is 0.407 e. The second-order valence-corrected chi connectivity index (χ2v) is 6.63. The second-order valence-electron chi connectivity index (χ2n) is 6.63. The zero-order valence-electron chi connectivity index (χ0n) is 15.0. The number of methoxy groups -OCH3 is 1. The van der Waals surface area contributed by atoms with Gasteiger partial charge in [0.1, 0.15) is 11.4 Å². The van der Waals surface area contributed by atoms with Gasteiger partial charge in [0.15, 0.2) is 0 Å². The Morgan fingerprint density at radius 1 is 1.33 bits per heavy atom. The molecule has 0 radical (unpaired) electrons. The molecule has 5 heteroatoms. The first-order chi connectivity index (χ1) is 11.3. The van der Waals surface area contributed by atoms with Crippen LogP contribution in [0.1, 0.15) is 39.2 Å². The first-order valence-electron chi connectivity index (χ1n) is 8.22. The van der Waals surface area contributed by atoms with E-state index in [4.69, 9.17) is 14.6 Å². The van der Waals surface area contributed by atoms with Crippen molar-refractivity contribution in [2.24, 2.45) is 0 Å². The summed E-state index contributed by atoms with van der Waals surface area (Å²) in [6.07, 6.45) is 5.41. The first-order valence-corrected chi connectivity index (χ1v) is 8.22. The molecule has 0 saturated carbocycles. The van der Waals surface area contributed by atoms with Crippen molar-refractivity contribution < 1.29 is 19.4 Å². The minimum absolute atomic E-state index is 0.0278. The molecule has 24 heavy (non-hydrogen) atoms. The average Bonchev–Trinajstić information content (AvgIpc) is 2.49. The van der Waals surface area contributed by atoms with Crippen LogP contribution in [0.3, 0.4) is 0 Å². The normalized spacial score (nSPS) is 12.9. The van der Waals surface area contributed by atoms with Gasteiger partial charge in [-0.2, -0.15) is 0 Å². The molecule has 0 bridgehead atoms. The lowest BCUT2D eigenvalue weighted by atomic mass is 10.0. The fourth-order valence-corrected chi connectivity index (χ4v) is 2.27. The van der Waals surface area contributed by atoms with Gasteiger partial charge in [-0.1, -0.05) is 24.3 Å². The summed E-state index contributed by atoms with van der Waals surface area (Å²) in [6.45, 7) is 5.55. The van der Waals surface area contributed by atoms with E-state index in [2.05, 4.69) is 5.32 Å². The number of carbonyl (C=O) groups excluding carboxylic acids is 1. The number of aliphatic hydroxyl groups is 1. The molecule has 1 amide bonds. The minimum Gasteiger partial charge on any atom is -0.497 e. The number of ether oxygens (including phenoxy) is 2. The Kier molecular flexibility index (Phi) is 8.33. The van der Waals surface area contributed by atoms with Crippen LogP contribution in [0.15, 0.2) is 36.4 Å². The van der Waals surface area contributed by atoms with Crippen LogP contribution in [-0.2, 0) is 11.2 Å². The molecular formula is C19H29NO4. The summed E-state index contributed by atoms with van der Waals surface area (Å²) in [6, 6.07) is 7.74. The van der Waals surface area contributed by atoms with Crippen molar-refractivity contribution >= 4 is 6.09 Å². The number of alkyl carbamates (subject to hydrolysis) is 1. The van der Waals surface area contributed by atoms with E-state index in [0.29, 0.717) is 6.42 Å². The highest BCUT2D eigenvalue weighted by Crippen LogP contribution is 2.16. The largest absolute Gasteiger partial charge is 0.497 e. The van der Waals surface area contributed by atoms with Crippen LogP contribution in [0.2, 0.25) is 0 Å². The number of allylic oxidation sites excluding steroid dienone is 1. The summed E-state index contributed by atoms with van der Waals surface area (Å²) in [7, 11) is 1.63. The average molecular weight is 335 g/mol. The Balaban J connectivity index is 2.72. The Hall–Kier alpha value is -2.01. The van der Waals surface area contributed by atoms with Crippen molar-refractivity contribution in [1.29, 1.82) is 0 Å². The van der Waals surface area contributed by atoms with Crippen molar-refractivity contribution in [2.75, 3.05) is 13.7 Å². The third kappa shape index (κ3) is 8.58. The summed E-state index contributed by atoms with van der Waals surface area (Å²) in [5.41, 5.74) is 0.558. The van der Waals surface area contributed by atoms with Crippen molar-refractivity contribution in [3.63, 3.8) is 0 Å². The third-order valence-corrected chi connectivity index (χ3v) is 3.29. The molecule has 1 atom stereocenters. The Bertz CT molecular complexity index is 534. The molecule has 1 aromatic rings. The molecule has 5 nitrogen and oxygen atoms in total. The highest BCUT2D eigenvalue weighted by atomic mass is 16.6. The Morgan fingerprint density at radius 3 is 2.71 bits per heavy atom. The third-order valence-electron chi connectivity index (χ3n) is 3.29. The molecule has 0 heterocycles. The monoisotopic (exact) mass is 335 g/mol. The van der Waals surface area contributed by atoms with Crippen LogP contribution in [0.25, 0.3) is 0 Å². The molecule has 0 fully saturated rings. The fourth-order valence-electron chi connectivity index (χ4n) is 2.27. The van der Waals surface area contributed by atoms with Crippen LogP contribution < -0.4 is 10.1 Å². The van der Waals surface area contributed by atoms with Crippen molar-refractivity contribution in [3.8, 4) is 5.75 Å². The van der Waals surface area contributed by atoms with E-state index >= 15 is 0 Å². The number of carbonyl (C=O) groups is 1. The number of aliphatic hydroxyl groups excluding tert-OH is 1. The zero-order valence-corrected chi connectivity index (χ0v) is 15.0. The lowest BCUT2D eigenvalue weighted by Crippen LogP contribution is -2.40. The van der Waals surface area contributed by atoms with Crippen molar-refractivity contribution in [1.82, 2.24) is 5.32 Å². The lowest BCUT2D eigenvalue weighted by molar-refractivity contribution is 0.0502. The summed E-state index contributed by atoms with van der Waals surface area (Å²) in [4.78, 5) is 12.1. The molecule has 0 aliphatic heterocycles. The van der Waals surface area contributed by atoms with E-state index in [1.807, 2.05) is 51.1 Å². The van der Waals surface area contributed by atoms with Crippen LogP contribution in [0, 0.1) is 0 Å². The number of nitrogens with one attached hydrogen (secondary N) is 1. The molecule has 0 aliphatic carbocycles. The number of rotatable bonds is 8. The zero-order chi connectivity index (χ0) is 18.0. The maximum absolute atomic E-state index is 12.1. The van der Waals surface area contributed by atoms with Gasteiger partial charge in [0.2, 0.25) is 0 Å². The molecule has 0 saturated heterocycles. The van der Waals surface area contributed by atoms with Crippen LogP contribution in [-0.4, -0.2) is 36.6 Å². The highest BCUT2D eigenvalue weighted by Gasteiger charge is 2.19. The Labute approximate surface area is 144 Å². The lowest BCUT2D eigenvalue weighted by Gasteiger charge is -2.23. The van der Waals surface area contributed by atoms with Gasteiger partial charge in [-0.15, -0.1) is 0 Å². The van der Waals surface area contributed by atoms with Crippen LogP contribution in [0.5, 0.6) is 5.75 Å². The van der Waals surface area contributed by atoms with E-state index < -0.39 is 11.7 Å². The molecule has 1 rings (SSSR count). The summed E-state index contributed by atoms with van der Waals surface area (Å²) >= 11 is 0. The van der Waals surface area contributed by atoms with E-state index in [1.54, 1.807) is 13.2 Å². The molecule has 0 spiro atoms. The predicted molar refractivity (Wildman–Crippen MR) is 95.3 cm³/mol. The smallest absolute Gasteiger partial charge is 0.407 e. The predicted octanol–water partition coefficient (Wildman–Crippen LogP) is 3.46. The first kappa shape index (κ1) is 20.0. The van der Waals surface area contributed by atoms with Gasteiger partial charge in [-0.25, -0.2) is 4.79 Å². The Morgan fingerprint density at radius 2 is 2.08 bits per heavy atom. The minimum atomic E-state index is -0.526. The van der Waals surface area contributed by atoms with E-state index in [1.165, 1.54) is 0 Å². The highest BCUT2D eigenvalue weighted by molar-refractivity contribution is 5.68. The molecular weight excluding hydrogens is 306 g/mol. The van der Waals surface area contributed by atoms with Crippen LogP contribution in [0.4, 0.5) is 4.79 Å². The molecule has 134 valence electrons. The topological polar surface area (TPSA) is 67.8 Å². The van der Waals surface area contributed by atoms with Crippen molar-refractivity contribution in [3.05, 3.63) is 42.0 Å². The van der Waals surface area contributed by atoms with Crippen molar-refractivity contribution in [2.45, 2.75) is 51.7 Å². The molecule has 1 aromatic carbocycles. The molecule has 0 aliphatic rings. The summed E-state index contributed by atoms with van der Waals surface area (Å²) in [5, 5.41) is 11.7. The second kappa shape index (κ2) is 9.98. The van der Waals surface area contributed by atoms with Gasteiger partial charge in [-0.3, -0.25) is 0 Å². The summed E-state index contributed by atoms with van der Waals surface area (Å²) in [5.74, 6) is 0.795. The maximum atomic E-state index is 12.1. The number of hydrogen-bond donors (Lipinski definition) is 2. The molecule has 2 N–H and O–H groups in total. The van der Waals surface area contributed by atoms with Gasteiger partial charge in [-0.05, 0) is 57.7 Å². The standard InChI is InChI=1S/C19H29NO4/c1-19(2,3)24-18(22)20-16(10-6-5-7-12-21)13-15-9-8-11-17(14-15)23-4/h5,7-9,11,14,16,21H,6,10,12-13H2,1-4H3,(H,20,22). The van der Waals surface area contributed by atoms with E-state index in [-0.39, 0.29) is 12.6 Å². The quantitative estimate of drug-likeness (QED) is 0.714. The number of amides is 1. The van der Waals surface area contributed by atoms with E-state index in [0.717, 1.165) is 24.2 Å². The number of hydrogen-bond acceptors (Lipinski definition) is 4. The van der Waals surface area contributed by atoms with Crippen LogP contribution >= 0.6 is 0 Å². The fraction of sp³-hybridized carbons (Fsp3) is 0.526. The van der Waals surface area contributed by atoms with E-state index in [9.17, 15) is 4.79 Å². The molecule has 1 unspecified atom stereocenters.